The Bertz CT molecular complexity index is 1400. The van der Waals surface area contributed by atoms with Crippen molar-refractivity contribution in [2.45, 2.75) is 64.9 Å². The highest BCUT2D eigenvalue weighted by atomic mass is 79.9. The molecule has 0 aliphatic heterocycles. The summed E-state index contributed by atoms with van der Waals surface area (Å²) in [5.41, 5.74) is 1.14. The van der Waals surface area contributed by atoms with Crippen LogP contribution in [0.2, 0.25) is 0 Å². The van der Waals surface area contributed by atoms with Gasteiger partial charge in [-0.25, -0.2) is 9.78 Å². The molecule has 4 rings (SSSR count). The second-order valence-corrected chi connectivity index (χ2v) is 10.6. The van der Waals surface area contributed by atoms with E-state index in [1.807, 2.05) is 25.1 Å². The highest BCUT2D eigenvalue weighted by molar-refractivity contribution is 9.13. The zero-order chi connectivity index (χ0) is 27.2. The van der Waals surface area contributed by atoms with Crippen molar-refractivity contribution in [2.75, 3.05) is 13.2 Å². The van der Waals surface area contributed by atoms with Crippen LogP contribution in [-0.4, -0.2) is 41.2 Å². The van der Waals surface area contributed by atoms with Crippen LogP contribution >= 0.6 is 31.9 Å². The molecule has 0 amide bonds. The molecule has 1 aliphatic rings. The molecule has 38 heavy (non-hydrogen) atoms. The summed E-state index contributed by atoms with van der Waals surface area (Å²) in [6, 6.07) is 9.13. The molecule has 1 atom stereocenters. The molecule has 0 radical (unpaired) electrons. The fourth-order valence-electron chi connectivity index (χ4n) is 4.55. The molecule has 202 valence electrons. The second kappa shape index (κ2) is 12.9. The average Bonchev–Trinajstić information content (AvgIpc) is 2.93. The summed E-state index contributed by atoms with van der Waals surface area (Å²) in [7, 11) is 0. The second-order valence-electron chi connectivity index (χ2n) is 9.05. The highest BCUT2D eigenvalue weighted by Gasteiger charge is 2.24. The van der Waals surface area contributed by atoms with Gasteiger partial charge in [-0.1, -0.05) is 31.4 Å². The molecule has 0 bridgehead atoms. The Morgan fingerprint density at radius 2 is 1.89 bits per heavy atom. The highest BCUT2D eigenvalue weighted by Crippen LogP contribution is 2.43. The summed E-state index contributed by atoms with van der Waals surface area (Å²) in [4.78, 5) is 30.6. The summed E-state index contributed by atoms with van der Waals surface area (Å²) in [5.74, 6) is 1.18. The Morgan fingerprint density at radius 3 is 2.61 bits per heavy atom. The van der Waals surface area contributed by atoms with E-state index in [4.69, 9.17) is 19.2 Å². The quantitative estimate of drug-likeness (QED) is 0.192. The van der Waals surface area contributed by atoms with E-state index in [-0.39, 0.29) is 18.1 Å². The number of carbonyl (C=O) groups excluding carboxylic acids is 1. The summed E-state index contributed by atoms with van der Waals surface area (Å²) in [6.45, 7) is 5.87. The van der Waals surface area contributed by atoms with Crippen molar-refractivity contribution < 1.29 is 19.0 Å². The number of aromatic nitrogens is 2. The van der Waals surface area contributed by atoms with Gasteiger partial charge in [-0.3, -0.25) is 4.79 Å². The van der Waals surface area contributed by atoms with E-state index in [0.29, 0.717) is 49.3 Å². The van der Waals surface area contributed by atoms with Gasteiger partial charge in [-0.05, 0) is 83.7 Å². The summed E-state index contributed by atoms with van der Waals surface area (Å²) < 4.78 is 19.5. The number of carbonyl (C=O) groups is 1. The minimum atomic E-state index is -0.836. The monoisotopic (exact) mass is 647 g/mol. The van der Waals surface area contributed by atoms with Crippen molar-refractivity contribution in [1.82, 2.24) is 9.66 Å². The van der Waals surface area contributed by atoms with Crippen molar-refractivity contribution in [1.29, 1.82) is 0 Å². The third-order valence-corrected chi connectivity index (χ3v) is 8.57. The molecule has 1 fully saturated rings. The van der Waals surface area contributed by atoms with Gasteiger partial charge in [-0.2, -0.15) is 9.78 Å². The maximum Gasteiger partial charge on any atom is 0.347 e. The topological polar surface area (TPSA) is 92.0 Å². The van der Waals surface area contributed by atoms with E-state index in [1.54, 1.807) is 32.2 Å². The van der Waals surface area contributed by atoms with Gasteiger partial charge in [0.1, 0.15) is 5.82 Å². The number of esters is 1. The van der Waals surface area contributed by atoms with E-state index >= 15 is 0 Å². The molecule has 8 nitrogen and oxygen atoms in total. The number of nitrogens with zero attached hydrogens (tertiary/aromatic N) is 3. The van der Waals surface area contributed by atoms with Gasteiger partial charge in [0.15, 0.2) is 17.6 Å². The number of fused-ring (bicyclic) bond motifs is 1. The SMILES string of the molecule is CCOC(=O)[C@H](C)Oc1c(OCC)cc(C=Nn2c(C3CCCCC3)nc3ccccc3c2=O)c(Br)c1Br. The Balaban J connectivity index is 1.77. The van der Waals surface area contributed by atoms with E-state index < -0.39 is 12.1 Å². The van der Waals surface area contributed by atoms with E-state index in [2.05, 4.69) is 37.0 Å². The molecular formula is C28H31Br2N3O5. The first-order chi connectivity index (χ1) is 18.3. The number of halogens is 2. The third kappa shape index (κ3) is 6.12. The van der Waals surface area contributed by atoms with Crippen molar-refractivity contribution in [2.24, 2.45) is 5.10 Å². The van der Waals surface area contributed by atoms with Gasteiger partial charge in [-0.15, -0.1) is 0 Å². The van der Waals surface area contributed by atoms with Crippen LogP contribution < -0.4 is 15.0 Å². The number of benzene rings is 2. The Morgan fingerprint density at radius 1 is 1.16 bits per heavy atom. The van der Waals surface area contributed by atoms with Gasteiger partial charge in [0.25, 0.3) is 5.56 Å². The fourth-order valence-corrected chi connectivity index (χ4v) is 5.47. The number of hydrogen-bond acceptors (Lipinski definition) is 7. The largest absolute Gasteiger partial charge is 0.490 e. The smallest absolute Gasteiger partial charge is 0.347 e. The first kappa shape index (κ1) is 28.3. The van der Waals surface area contributed by atoms with Crippen LogP contribution in [0, 0.1) is 0 Å². The standard InChI is InChI=1S/C28H31Br2N3O5/c1-4-36-22-15-19(23(29)24(30)25(22)38-17(3)28(35)37-5-2)16-31-33-26(18-11-7-6-8-12-18)32-21-14-10-9-13-20(21)27(33)34/h9-10,13-18H,4-8,11-12H2,1-3H3/t17-/m0/s1. The summed E-state index contributed by atoms with van der Waals surface area (Å²) in [5, 5.41) is 5.17. The molecule has 1 saturated carbocycles. The Kier molecular flexibility index (Phi) is 9.59. The lowest BCUT2D eigenvalue weighted by molar-refractivity contribution is -0.150. The van der Waals surface area contributed by atoms with Crippen LogP contribution in [0.3, 0.4) is 0 Å². The summed E-state index contributed by atoms with van der Waals surface area (Å²) >= 11 is 7.18. The van der Waals surface area contributed by atoms with E-state index in [9.17, 15) is 9.59 Å². The third-order valence-electron chi connectivity index (χ3n) is 6.43. The molecule has 1 aromatic heterocycles. The number of hydrogen-bond donors (Lipinski definition) is 0. The van der Waals surface area contributed by atoms with Crippen molar-refractivity contribution in [3.8, 4) is 11.5 Å². The van der Waals surface area contributed by atoms with Crippen molar-refractivity contribution >= 4 is 54.9 Å². The van der Waals surface area contributed by atoms with Gasteiger partial charge in [0, 0.05) is 16.0 Å². The molecule has 1 aliphatic carbocycles. The molecule has 10 heteroatoms. The first-order valence-electron chi connectivity index (χ1n) is 12.9. The number of ether oxygens (including phenoxy) is 3. The van der Waals surface area contributed by atoms with Crippen molar-refractivity contribution in [3.05, 3.63) is 61.0 Å². The Labute approximate surface area is 238 Å². The maximum atomic E-state index is 13.5. The molecule has 0 unspecified atom stereocenters. The minimum absolute atomic E-state index is 0.174. The molecular weight excluding hydrogens is 618 g/mol. The molecule has 2 aromatic carbocycles. The van der Waals surface area contributed by atoms with Crippen molar-refractivity contribution in [3.63, 3.8) is 0 Å². The van der Waals surface area contributed by atoms with Gasteiger partial charge >= 0.3 is 5.97 Å². The van der Waals surface area contributed by atoms with Gasteiger partial charge in [0.2, 0.25) is 0 Å². The molecule has 3 aromatic rings. The molecule has 0 saturated heterocycles. The van der Waals surface area contributed by atoms with Crippen LogP contribution in [0.25, 0.3) is 10.9 Å². The minimum Gasteiger partial charge on any atom is -0.490 e. The lowest BCUT2D eigenvalue weighted by Crippen LogP contribution is -2.26. The zero-order valence-corrected chi connectivity index (χ0v) is 24.9. The zero-order valence-electron chi connectivity index (χ0n) is 21.7. The number of rotatable bonds is 9. The predicted molar refractivity (Wildman–Crippen MR) is 155 cm³/mol. The predicted octanol–water partition coefficient (Wildman–Crippen LogP) is 6.58. The van der Waals surface area contributed by atoms with Gasteiger partial charge in [0.05, 0.1) is 34.8 Å². The van der Waals surface area contributed by atoms with Crippen LogP contribution in [0.15, 0.2) is 49.2 Å². The lowest BCUT2D eigenvalue weighted by Gasteiger charge is -2.23. The molecule has 0 spiro atoms. The molecule has 1 heterocycles. The van der Waals surface area contributed by atoms with E-state index in [1.165, 1.54) is 11.1 Å². The van der Waals surface area contributed by atoms with Crippen LogP contribution in [-0.2, 0) is 9.53 Å². The van der Waals surface area contributed by atoms with Crippen LogP contribution in [0.4, 0.5) is 0 Å². The van der Waals surface area contributed by atoms with E-state index in [0.717, 1.165) is 25.7 Å². The normalized spacial score (nSPS) is 15.1. The van der Waals surface area contributed by atoms with Crippen LogP contribution in [0.1, 0.15) is 70.2 Å². The fraction of sp³-hybridized carbons (Fsp3) is 0.429. The lowest BCUT2D eigenvalue weighted by atomic mass is 9.88. The average molecular weight is 649 g/mol. The Hall–Kier alpha value is -2.72. The number of para-hydroxylation sites is 1. The molecule has 0 N–H and O–H groups in total. The van der Waals surface area contributed by atoms with Crippen LogP contribution in [0.5, 0.6) is 11.5 Å². The maximum absolute atomic E-state index is 13.5. The van der Waals surface area contributed by atoms with Gasteiger partial charge < -0.3 is 14.2 Å². The summed E-state index contributed by atoms with van der Waals surface area (Å²) in [6.07, 6.45) is 6.15. The first-order valence-corrected chi connectivity index (χ1v) is 14.5.